The van der Waals surface area contributed by atoms with Crippen LogP contribution < -0.4 is 5.32 Å². The van der Waals surface area contributed by atoms with E-state index in [0.29, 0.717) is 25.4 Å². The van der Waals surface area contributed by atoms with Crippen LogP contribution in [0.2, 0.25) is 0 Å². The molecule has 1 heterocycles. The van der Waals surface area contributed by atoms with Crippen LogP contribution in [0.3, 0.4) is 0 Å². The molecule has 0 radical (unpaired) electrons. The van der Waals surface area contributed by atoms with Crippen LogP contribution in [-0.2, 0) is 4.79 Å². The maximum absolute atomic E-state index is 12.1. The third-order valence-corrected chi connectivity index (χ3v) is 4.56. The summed E-state index contributed by atoms with van der Waals surface area (Å²) in [5, 5.41) is 11.8. The maximum atomic E-state index is 12.1. The summed E-state index contributed by atoms with van der Waals surface area (Å²) in [6.07, 6.45) is 4.36. The van der Waals surface area contributed by atoms with Gasteiger partial charge in [-0.15, -0.1) is 0 Å². The van der Waals surface area contributed by atoms with Crippen LogP contribution in [0.4, 0.5) is 10.5 Å². The number of aliphatic carboxylic acids is 1. The highest BCUT2D eigenvalue weighted by Gasteiger charge is 2.30. The Balaban J connectivity index is 1.56. The van der Waals surface area contributed by atoms with Crippen LogP contribution in [0.5, 0.6) is 0 Å². The van der Waals surface area contributed by atoms with Gasteiger partial charge in [-0.3, -0.25) is 4.79 Å². The number of benzene rings is 1. The maximum Gasteiger partial charge on any atom is 0.321 e. The zero-order valence-corrected chi connectivity index (χ0v) is 11.9. The van der Waals surface area contributed by atoms with Crippen LogP contribution in [0, 0.1) is 5.92 Å². The Morgan fingerprint density at radius 2 is 1.86 bits per heavy atom. The molecular weight excluding hydrogens is 268 g/mol. The number of nitrogens with zero attached hydrogens (tertiary/aromatic N) is 1. The monoisotopic (exact) mass is 288 g/mol. The van der Waals surface area contributed by atoms with Crippen LogP contribution in [-0.4, -0.2) is 35.1 Å². The number of carboxylic acid groups (broad SMARTS) is 1. The summed E-state index contributed by atoms with van der Waals surface area (Å²) in [4.78, 5) is 24.6. The standard InChI is InChI=1S/C16H20N2O3/c19-15(20)13-8-9-18(10-13)16(21)17-14-6-4-12(5-7-14)11-2-1-3-11/h4-7,11,13H,1-3,8-10H2,(H,17,21)(H,19,20). The van der Waals surface area contributed by atoms with Gasteiger partial charge in [0, 0.05) is 18.8 Å². The highest BCUT2D eigenvalue weighted by molar-refractivity contribution is 5.90. The number of amides is 2. The van der Waals surface area contributed by atoms with Crippen molar-refractivity contribution in [1.82, 2.24) is 4.90 Å². The number of anilines is 1. The summed E-state index contributed by atoms with van der Waals surface area (Å²) in [7, 11) is 0. The second kappa shape index (κ2) is 5.76. The van der Waals surface area contributed by atoms with Gasteiger partial charge in [-0.25, -0.2) is 4.79 Å². The van der Waals surface area contributed by atoms with Gasteiger partial charge in [0.05, 0.1) is 5.92 Å². The van der Waals surface area contributed by atoms with Gasteiger partial charge in [0.15, 0.2) is 0 Å². The van der Waals surface area contributed by atoms with E-state index < -0.39 is 11.9 Å². The fraction of sp³-hybridized carbons (Fsp3) is 0.500. The first-order valence-corrected chi connectivity index (χ1v) is 7.52. The van der Waals surface area contributed by atoms with Crippen molar-refractivity contribution in [2.75, 3.05) is 18.4 Å². The molecule has 1 aromatic carbocycles. The zero-order valence-electron chi connectivity index (χ0n) is 11.9. The van der Waals surface area contributed by atoms with E-state index in [1.54, 1.807) is 4.90 Å². The average Bonchev–Trinajstić information content (AvgIpc) is 2.89. The third-order valence-electron chi connectivity index (χ3n) is 4.56. The SMILES string of the molecule is O=C(O)C1CCN(C(=O)Nc2ccc(C3CCC3)cc2)C1. The van der Waals surface area contributed by atoms with Gasteiger partial charge in [-0.05, 0) is 42.9 Å². The fourth-order valence-electron chi connectivity index (χ4n) is 2.93. The second-order valence-corrected chi connectivity index (χ2v) is 5.95. The number of carbonyl (C=O) groups is 2. The van der Waals surface area contributed by atoms with Gasteiger partial charge in [0.1, 0.15) is 0 Å². The number of carbonyl (C=O) groups excluding carboxylic acids is 1. The zero-order chi connectivity index (χ0) is 14.8. The summed E-state index contributed by atoms with van der Waals surface area (Å²) >= 11 is 0. The number of nitrogens with one attached hydrogen (secondary N) is 1. The largest absolute Gasteiger partial charge is 0.481 e. The molecule has 1 saturated carbocycles. The quantitative estimate of drug-likeness (QED) is 0.898. The van der Waals surface area contributed by atoms with Gasteiger partial charge in [0.2, 0.25) is 0 Å². The van der Waals surface area contributed by atoms with Crippen LogP contribution >= 0.6 is 0 Å². The van der Waals surface area contributed by atoms with Crippen LogP contribution in [0.15, 0.2) is 24.3 Å². The van der Waals surface area contributed by atoms with Crippen molar-refractivity contribution in [2.45, 2.75) is 31.6 Å². The Hall–Kier alpha value is -2.04. The van der Waals surface area contributed by atoms with Gasteiger partial charge >= 0.3 is 12.0 Å². The number of hydrogen-bond acceptors (Lipinski definition) is 2. The van der Waals surface area contributed by atoms with Gasteiger partial charge in [-0.2, -0.15) is 0 Å². The van der Waals surface area contributed by atoms with E-state index in [-0.39, 0.29) is 6.03 Å². The number of rotatable bonds is 3. The number of carboxylic acids is 1. The molecular formula is C16H20N2O3. The Labute approximate surface area is 123 Å². The molecule has 1 aromatic rings. The van der Waals surface area contributed by atoms with Crippen LogP contribution in [0.1, 0.15) is 37.2 Å². The van der Waals surface area contributed by atoms with Crippen molar-refractivity contribution in [1.29, 1.82) is 0 Å². The molecule has 2 amide bonds. The smallest absolute Gasteiger partial charge is 0.321 e. The first-order chi connectivity index (χ1) is 10.1. The number of hydrogen-bond donors (Lipinski definition) is 2. The van der Waals surface area contributed by atoms with Crippen molar-refractivity contribution >= 4 is 17.7 Å². The molecule has 1 saturated heterocycles. The van der Waals surface area contributed by atoms with Crippen molar-refractivity contribution in [2.24, 2.45) is 5.92 Å². The highest BCUT2D eigenvalue weighted by atomic mass is 16.4. The van der Waals surface area contributed by atoms with E-state index >= 15 is 0 Å². The minimum atomic E-state index is -0.824. The van der Waals surface area contributed by atoms with Crippen LogP contribution in [0.25, 0.3) is 0 Å². The van der Waals surface area contributed by atoms with Gasteiger partial charge in [0.25, 0.3) is 0 Å². The molecule has 0 bridgehead atoms. The lowest BCUT2D eigenvalue weighted by Crippen LogP contribution is -2.33. The van der Waals surface area contributed by atoms with E-state index in [4.69, 9.17) is 5.11 Å². The lowest BCUT2D eigenvalue weighted by atomic mass is 9.80. The number of likely N-dealkylation sites (tertiary alicyclic amines) is 1. The van der Waals surface area contributed by atoms with Gasteiger partial charge in [-0.1, -0.05) is 18.6 Å². The fourth-order valence-corrected chi connectivity index (χ4v) is 2.93. The second-order valence-electron chi connectivity index (χ2n) is 5.95. The molecule has 2 N–H and O–H groups in total. The van der Waals surface area contributed by atoms with E-state index in [9.17, 15) is 9.59 Å². The molecule has 2 aliphatic rings. The average molecular weight is 288 g/mol. The number of urea groups is 1. The van der Waals surface area contributed by atoms with E-state index in [2.05, 4.69) is 17.4 Å². The molecule has 1 aliphatic carbocycles. The molecule has 1 atom stereocenters. The van der Waals surface area contributed by atoms with Crippen molar-refractivity contribution < 1.29 is 14.7 Å². The molecule has 21 heavy (non-hydrogen) atoms. The van der Waals surface area contributed by atoms with Gasteiger partial charge < -0.3 is 15.3 Å². The molecule has 2 fully saturated rings. The minimum absolute atomic E-state index is 0.213. The molecule has 0 aromatic heterocycles. The molecule has 1 aliphatic heterocycles. The summed E-state index contributed by atoms with van der Waals surface area (Å²) < 4.78 is 0. The Morgan fingerprint density at radius 1 is 1.14 bits per heavy atom. The Morgan fingerprint density at radius 3 is 2.38 bits per heavy atom. The lowest BCUT2D eigenvalue weighted by molar-refractivity contribution is -0.141. The summed E-state index contributed by atoms with van der Waals surface area (Å²) in [6.45, 7) is 0.796. The predicted octanol–water partition coefficient (Wildman–Crippen LogP) is 2.89. The molecule has 5 nitrogen and oxygen atoms in total. The first kappa shape index (κ1) is 13.9. The minimum Gasteiger partial charge on any atom is -0.481 e. The summed E-state index contributed by atoms with van der Waals surface area (Å²) in [5.74, 6) is -0.573. The molecule has 0 spiro atoms. The normalized spacial score (nSPS) is 21.9. The van der Waals surface area contributed by atoms with Crippen molar-refractivity contribution in [3.05, 3.63) is 29.8 Å². The summed E-state index contributed by atoms with van der Waals surface area (Å²) in [6, 6.07) is 7.79. The Kier molecular flexibility index (Phi) is 3.82. The molecule has 1 unspecified atom stereocenters. The van der Waals surface area contributed by atoms with E-state index in [1.807, 2.05) is 12.1 Å². The van der Waals surface area contributed by atoms with Crippen molar-refractivity contribution in [3.8, 4) is 0 Å². The molecule has 112 valence electrons. The first-order valence-electron chi connectivity index (χ1n) is 7.52. The van der Waals surface area contributed by atoms with E-state index in [0.717, 1.165) is 5.69 Å². The lowest BCUT2D eigenvalue weighted by Gasteiger charge is -2.26. The van der Waals surface area contributed by atoms with Crippen molar-refractivity contribution in [3.63, 3.8) is 0 Å². The van der Waals surface area contributed by atoms with E-state index in [1.165, 1.54) is 24.8 Å². The topological polar surface area (TPSA) is 69.6 Å². The summed E-state index contributed by atoms with van der Waals surface area (Å²) in [5.41, 5.74) is 2.10. The molecule has 3 rings (SSSR count). The Bertz CT molecular complexity index is 537. The highest BCUT2D eigenvalue weighted by Crippen LogP contribution is 2.36. The third kappa shape index (κ3) is 3.01. The molecule has 5 heteroatoms. The predicted molar refractivity (Wildman–Crippen MR) is 79.4 cm³/mol.